The molecule has 2 heterocycles. The largest absolute Gasteiger partial charge is 0.363 e. The van der Waals surface area contributed by atoms with Crippen molar-refractivity contribution in [1.29, 1.82) is 0 Å². The van der Waals surface area contributed by atoms with Gasteiger partial charge in [-0.3, -0.25) is 0 Å². The van der Waals surface area contributed by atoms with Gasteiger partial charge in [0.05, 0.1) is 12.1 Å². The number of hydrogen-bond acceptors (Lipinski definition) is 5. The van der Waals surface area contributed by atoms with E-state index in [9.17, 15) is 0 Å². The fraction of sp³-hybridized carbons (Fsp3) is 0.565. The third-order valence-electron chi connectivity index (χ3n) is 5.66. The van der Waals surface area contributed by atoms with E-state index in [0.717, 1.165) is 54.0 Å². The molecule has 1 aliphatic rings. The number of piperidine rings is 1. The lowest BCUT2D eigenvalue weighted by molar-refractivity contribution is 0.321. The summed E-state index contributed by atoms with van der Waals surface area (Å²) in [5.41, 5.74) is 3.11. The number of anilines is 1. The number of hydrogen-bond donors (Lipinski definition) is 1. The second kappa shape index (κ2) is 10.8. The molecule has 1 N–H and O–H groups in total. The number of benzene rings is 1. The molecule has 6 nitrogen and oxygen atoms in total. The summed E-state index contributed by atoms with van der Waals surface area (Å²) in [6.07, 6.45) is 3.64. The molecule has 0 radical (unpaired) electrons. The first-order valence-electron chi connectivity index (χ1n) is 11.0. The molecule has 1 atom stereocenters. The van der Waals surface area contributed by atoms with Crippen LogP contribution in [0.4, 0.5) is 5.88 Å². The molecule has 1 aromatic heterocycles. The number of nitrogens with one attached hydrogen (secondary N) is 1. The summed E-state index contributed by atoms with van der Waals surface area (Å²) in [7, 11) is 4.17. The Bertz CT molecular complexity index is 807. The fourth-order valence-corrected chi connectivity index (χ4v) is 4.22. The van der Waals surface area contributed by atoms with E-state index in [1.165, 1.54) is 19.3 Å². The van der Waals surface area contributed by atoms with Crippen LogP contribution in [0, 0.1) is 0 Å². The zero-order valence-corrected chi connectivity index (χ0v) is 19.5. The summed E-state index contributed by atoms with van der Waals surface area (Å²) < 4.78 is 6.00. The van der Waals surface area contributed by atoms with Crippen LogP contribution in [0.5, 0.6) is 0 Å². The van der Waals surface area contributed by atoms with E-state index in [4.69, 9.17) is 16.7 Å². The fourth-order valence-electron chi connectivity index (χ4n) is 3.92. The van der Waals surface area contributed by atoms with Gasteiger partial charge in [0.15, 0.2) is 5.11 Å². The molecule has 0 bridgehead atoms. The molecular weight excluding hydrogens is 394 g/mol. The number of thiocarbonyl (C=S) groups is 1. The normalized spacial score (nSPS) is 16.7. The lowest BCUT2D eigenvalue weighted by atomic mass is 10.0. The Balaban J connectivity index is 1.97. The molecule has 0 saturated carbocycles. The quantitative estimate of drug-likeness (QED) is 0.637. The van der Waals surface area contributed by atoms with Crippen molar-refractivity contribution in [3.63, 3.8) is 0 Å². The van der Waals surface area contributed by atoms with Gasteiger partial charge in [0, 0.05) is 37.8 Å². The molecule has 0 unspecified atom stereocenters. The van der Waals surface area contributed by atoms with E-state index in [1.807, 2.05) is 18.2 Å². The van der Waals surface area contributed by atoms with E-state index >= 15 is 0 Å². The van der Waals surface area contributed by atoms with Crippen LogP contribution in [-0.2, 0) is 6.54 Å². The summed E-state index contributed by atoms with van der Waals surface area (Å²) in [5.74, 6) is 0.898. The molecule has 0 amide bonds. The first kappa shape index (κ1) is 22.6. The van der Waals surface area contributed by atoms with Crippen molar-refractivity contribution in [1.82, 2.24) is 20.3 Å². The maximum absolute atomic E-state index is 6.00. The minimum absolute atomic E-state index is 0.449. The molecule has 30 heavy (non-hydrogen) atoms. The van der Waals surface area contributed by atoms with Crippen LogP contribution in [0.3, 0.4) is 0 Å². The van der Waals surface area contributed by atoms with E-state index in [0.29, 0.717) is 12.6 Å². The first-order valence-corrected chi connectivity index (χ1v) is 11.4. The van der Waals surface area contributed by atoms with Gasteiger partial charge < -0.3 is 24.5 Å². The Hall–Kier alpha value is -2.12. The van der Waals surface area contributed by atoms with E-state index in [1.54, 1.807) is 0 Å². The molecule has 2 aromatic rings. The molecule has 0 aliphatic carbocycles. The minimum atomic E-state index is 0.449. The highest BCUT2D eigenvalue weighted by molar-refractivity contribution is 7.80. The Morgan fingerprint density at radius 2 is 2.00 bits per heavy atom. The number of aromatic nitrogens is 1. The smallest absolute Gasteiger partial charge is 0.233 e. The lowest BCUT2D eigenvalue weighted by Gasteiger charge is -2.34. The standard InChI is InChI=1S/C23H35N5OS/c1-5-24-23(30)27(16-15-26(3)4)17-20-21(19-12-7-6-8-13-19)25-29-22(20)28-14-10-9-11-18(28)2/h6-8,12-13,18H,5,9-11,14-17H2,1-4H3,(H,24,30)/t18-/m1/s1. The van der Waals surface area contributed by atoms with Gasteiger partial charge in [0.1, 0.15) is 5.69 Å². The molecule has 7 heteroatoms. The molecule has 1 aliphatic heterocycles. The van der Waals surface area contributed by atoms with Crippen molar-refractivity contribution in [2.75, 3.05) is 45.2 Å². The van der Waals surface area contributed by atoms with Crippen LogP contribution in [0.25, 0.3) is 11.3 Å². The number of likely N-dealkylation sites (N-methyl/N-ethyl adjacent to an activating group) is 1. The van der Waals surface area contributed by atoms with Crippen LogP contribution >= 0.6 is 12.2 Å². The van der Waals surface area contributed by atoms with Crippen molar-refractivity contribution >= 4 is 23.2 Å². The van der Waals surface area contributed by atoms with Crippen LogP contribution in [0.2, 0.25) is 0 Å². The molecule has 1 fully saturated rings. The average molecular weight is 430 g/mol. The van der Waals surface area contributed by atoms with Gasteiger partial charge >= 0.3 is 0 Å². The monoisotopic (exact) mass is 429 g/mol. The maximum atomic E-state index is 6.00. The van der Waals surface area contributed by atoms with Gasteiger partial charge in [-0.05, 0) is 59.4 Å². The number of rotatable bonds is 8. The summed E-state index contributed by atoms with van der Waals surface area (Å²) in [4.78, 5) is 6.80. The zero-order valence-electron chi connectivity index (χ0n) is 18.7. The predicted molar refractivity (Wildman–Crippen MR) is 128 cm³/mol. The Labute approximate surface area is 186 Å². The first-order chi connectivity index (χ1) is 14.5. The summed E-state index contributed by atoms with van der Waals surface area (Å²) >= 11 is 5.71. The molecule has 164 valence electrons. The van der Waals surface area contributed by atoms with E-state index in [-0.39, 0.29) is 0 Å². The summed E-state index contributed by atoms with van der Waals surface area (Å²) in [5, 5.41) is 8.63. The lowest BCUT2D eigenvalue weighted by Crippen LogP contribution is -2.43. The van der Waals surface area contributed by atoms with Crippen LogP contribution in [0.1, 0.15) is 38.7 Å². The Morgan fingerprint density at radius 3 is 2.67 bits per heavy atom. The van der Waals surface area contributed by atoms with Gasteiger partial charge in [-0.2, -0.15) is 0 Å². The van der Waals surface area contributed by atoms with Gasteiger partial charge in [-0.1, -0.05) is 35.5 Å². The second-order valence-corrected chi connectivity index (χ2v) is 8.67. The maximum Gasteiger partial charge on any atom is 0.233 e. The highest BCUT2D eigenvalue weighted by Crippen LogP contribution is 2.35. The van der Waals surface area contributed by atoms with Crippen molar-refractivity contribution < 1.29 is 4.52 Å². The molecule has 1 aromatic carbocycles. The summed E-state index contributed by atoms with van der Waals surface area (Å²) in [6.45, 7) is 8.61. The topological polar surface area (TPSA) is 47.8 Å². The molecular formula is C23H35N5OS. The zero-order chi connectivity index (χ0) is 21.5. The average Bonchev–Trinajstić information content (AvgIpc) is 3.15. The van der Waals surface area contributed by atoms with E-state index < -0.39 is 0 Å². The predicted octanol–water partition coefficient (Wildman–Crippen LogP) is 3.98. The van der Waals surface area contributed by atoms with Gasteiger partial charge in [-0.15, -0.1) is 0 Å². The van der Waals surface area contributed by atoms with Crippen molar-refractivity contribution in [2.24, 2.45) is 0 Å². The molecule has 0 spiro atoms. The van der Waals surface area contributed by atoms with Gasteiger partial charge in [0.25, 0.3) is 0 Å². The van der Waals surface area contributed by atoms with Crippen LogP contribution in [0.15, 0.2) is 34.9 Å². The van der Waals surface area contributed by atoms with Gasteiger partial charge in [-0.25, -0.2) is 0 Å². The Kier molecular flexibility index (Phi) is 8.10. The third kappa shape index (κ3) is 5.52. The second-order valence-electron chi connectivity index (χ2n) is 8.28. The Morgan fingerprint density at radius 1 is 1.23 bits per heavy atom. The van der Waals surface area contributed by atoms with Gasteiger partial charge in [0.2, 0.25) is 5.88 Å². The molecule has 1 saturated heterocycles. The van der Waals surface area contributed by atoms with E-state index in [2.05, 4.69) is 65.2 Å². The highest BCUT2D eigenvalue weighted by Gasteiger charge is 2.29. The highest BCUT2D eigenvalue weighted by atomic mass is 32.1. The van der Waals surface area contributed by atoms with Crippen molar-refractivity contribution in [3.8, 4) is 11.3 Å². The van der Waals surface area contributed by atoms with Crippen molar-refractivity contribution in [2.45, 2.75) is 45.7 Å². The summed E-state index contributed by atoms with van der Waals surface area (Å²) in [6, 6.07) is 10.8. The third-order valence-corrected chi connectivity index (χ3v) is 6.06. The minimum Gasteiger partial charge on any atom is -0.363 e. The number of nitrogens with zero attached hydrogens (tertiary/aromatic N) is 4. The molecule has 3 rings (SSSR count). The van der Waals surface area contributed by atoms with Crippen LogP contribution < -0.4 is 10.2 Å². The SMILES string of the molecule is CCNC(=S)N(CCN(C)C)Cc1c(-c2ccccc2)noc1N1CCCC[C@H]1C. The van der Waals surface area contributed by atoms with Crippen molar-refractivity contribution in [3.05, 3.63) is 35.9 Å². The van der Waals surface area contributed by atoms with Crippen LogP contribution in [-0.4, -0.2) is 66.4 Å².